The molecule has 0 saturated heterocycles. The molecule has 19 heavy (non-hydrogen) atoms. The summed E-state index contributed by atoms with van der Waals surface area (Å²) in [6.45, 7) is 0. The topological polar surface area (TPSA) is 73.6 Å². The number of anilines is 1. The second kappa shape index (κ2) is 5.75. The smallest absolute Gasteiger partial charge is 0.231 e. The number of amides is 1. The molecule has 0 heterocycles. The van der Waals surface area contributed by atoms with Gasteiger partial charge in [-0.25, -0.2) is 0 Å². The van der Waals surface area contributed by atoms with Gasteiger partial charge in [-0.05, 0) is 18.6 Å². The summed E-state index contributed by atoms with van der Waals surface area (Å²) in [5.41, 5.74) is 6.41. The standard InChI is InChI=1S/C14H18N2O3/c1-18-12-6-5-11(8-13(12)19-2)16-14(17)9-3-4-10(15)7-9/h3-6,8-10H,7,15H2,1-2H3,(H,16,17). The van der Waals surface area contributed by atoms with E-state index in [1.165, 1.54) is 0 Å². The number of ether oxygens (including phenoxy) is 2. The van der Waals surface area contributed by atoms with Gasteiger partial charge in [-0.3, -0.25) is 4.79 Å². The van der Waals surface area contributed by atoms with Crippen LogP contribution in [0.4, 0.5) is 5.69 Å². The van der Waals surface area contributed by atoms with Crippen molar-refractivity contribution in [1.82, 2.24) is 0 Å². The number of hydrogen-bond acceptors (Lipinski definition) is 4. The number of carbonyl (C=O) groups excluding carboxylic acids is 1. The molecule has 0 radical (unpaired) electrons. The van der Waals surface area contributed by atoms with Crippen molar-refractivity contribution in [3.8, 4) is 11.5 Å². The molecule has 1 aliphatic rings. The van der Waals surface area contributed by atoms with Gasteiger partial charge in [0.25, 0.3) is 0 Å². The minimum atomic E-state index is -0.164. The second-order valence-corrected chi connectivity index (χ2v) is 4.45. The molecular formula is C14H18N2O3. The van der Waals surface area contributed by atoms with Gasteiger partial charge >= 0.3 is 0 Å². The average Bonchev–Trinajstić information content (AvgIpc) is 2.85. The number of nitrogens with one attached hydrogen (secondary N) is 1. The number of carbonyl (C=O) groups is 1. The number of benzene rings is 1. The lowest BCUT2D eigenvalue weighted by molar-refractivity contribution is -0.118. The van der Waals surface area contributed by atoms with Crippen molar-refractivity contribution in [2.45, 2.75) is 12.5 Å². The van der Waals surface area contributed by atoms with Gasteiger partial charge in [0.15, 0.2) is 11.5 Å². The highest BCUT2D eigenvalue weighted by Gasteiger charge is 2.22. The van der Waals surface area contributed by atoms with E-state index >= 15 is 0 Å². The molecule has 2 rings (SSSR count). The summed E-state index contributed by atoms with van der Waals surface area (Å²) in [7, 11) is 3.13. The molecule has 0 aromatic heterocycles. The van der Waals surface area contributed by atoms with Crippen LogP contribution >= 0.6 is 0 Å². The minimum absolute atomic E-state index is 0.0267. The quantitative estimate of drug-likeness (QED) is 0.807. The molecule has 1 aliphatic carbocycles. The Labute approximate surface area is 112 Å². The van der Waals surface area contributed by atoms with Crippen molar-refractivity contribution < 1.29 is 14.3 Å². The maximum atomic E-state index is 12.0. The summed E-state index contributed by atoms with van der Waals surface area (Å²) < 4.78 is 10.3. The molecule has 5 nitrogen and oxygen atoms in total. The summed E-state index contributed by atoms with van der Waals surface area (Å²) in [5, 5.41) is 2.85. The number of methoxy groups -OCH3 is 2. The van der Waals surface area contributed by atoms with Crippen LogP contribution in [0.2, 0.25) is 0 Å². The van der Waals surface area contributed by atoms with Crippen molar-refractivity contribution in [2.24, 2.45) is 11.7 Å². The SMILES string of the molecule is COc1ccc(NC(=O)C2C=CC(N)C2)cc1OC. The Kier molecular flexibility index (Phi) is 4.06. The first-order chi connectivity index (χ1) is 9.13. The first-order valence-corrected chi connectivity index (χ1v) is 6.11. The van der Waals surface area contributed by atoms with Crippen molar-refractivity contribution in [1.29, 1.82) is 0 Å². The van der Waals surface area contributed by atoms with E-state index in [0.29, 0.717) is 23.6 Å². The van der Waals surface area contributed by atoms with Crippen LogP contribution in [0.5, 0.6) is 11.5 Å². The van der Waals surface area contributed by atoms with Crippen molar-refractivity contribution in [2.75, 3.05) is 19.5 Å². The molecule has 0 spiro atoms. The summed E-state index contributed by atoms with van der Waals surface area (Å²) in [5.74, 6) is 0.988. The van der Waals surface area contributed by atoms with Crippen molar-refractivity contribution in [3.63, 3.8) is 0 Å². The van der Waals surface area contributed by atoms with E-state index in [9.17, 15) is 4.79 Å². The Hall–Kier alpha value is -2.01. The van der Waals surface area contributed by atoms with Crippen LogP contribution in [0.15, 0.2) is 30.4 Å². The van der Waals surface area contributed by atoms with E-state index in [1.54, 1.807) is 32.4 Å². The first-order valence-electron chi connectivity index (χ1n) is 6.11. The van der Waals surface area contributed by atoms with Crippen LogP contribution in [0, 0.1) is 5.92 Å². The molecule has 1 aromatic carbocycles. The van der Waals surface area contributed by atoms with E-state index in [1.807, 2.05) is 12.2 Å². The van der Waals surface area contributed by atoms with Gasteiger partial charge in [-0.1, -0.05) is 12.2 Å². The third-order valence-electron chi connectivity index (χ3n) is 3.10. The number of hydrogen-bond donors (Lipinski definition) is 2. The molecule has 3 N–H and O–H groups in total. The van der Waals surface area contributed by atoms with E-state index in [4.69, 9.17) is 15.2 Å². The van der Waals surface area contributed by atoms with Gasteiger partial charge in [0.1, 0.15) is 0 Å². The van der Waals surface area contributed by atoms with Gasteiger partial charge in [-0.15, -0.1) is 0 Å². The molecule has 0 saturated carbocycles. The van der Waals surface area contributed by atoms with Crippen LogP contribution in [0.25, 0.3) is 0 Å². The maximum Gasteiger partial charge on any atom is 0.231 e. The van der Waals surface area contributed by atoms with Crippen molar-refractivity contribution >= 4 is 11.6 Å². The molecule has 2 atom stereocenters. The zero-order valence-electron chi connectivity index (χ0n) is 11.1. The van der Waals surface area contributed by atoms with Gasteiger partial charge in [0.05, 0.1) is 20.1 Å². The highest BCUT2D eigenvalue weighted by atomic mass is 16.5. The molecule has 0 fully saturated rings. The lowest BCUT2D eigenvalue weighted by Gasteiger charge is -2.13. The van der Waals surface area contributed by atoms with Gasteiger partial charge in [0, 0.05) is 17.8 Å². The molecule has 2 unspecified atom stereocenters. The molecule has 1 aromatic rings. The van der Waals surface area contributed by atoms with Crippen LogP contribution in [-0.2, 0) is 4.79 Å². The van der Waals surface area contributed by atoms with Crippen LogP contribution in [-0.4, -0.2) is 26.2 Å². The molecule has 102 valence electrons. The van der Waals surface area contributed by atoms with Crippen LogP contribution in [0.1, 0.15) is 6.42 Å². The Bertz CT molecular complexity index is 499. The average molecular weight is 262 g/mol. The van der Waals surface area contributed by atoms with E-state index in [0.717, 1.165) is 0 Å². The number of nitrogens with two attached hydrogens (primary N) is 1. The fraction of sp³-hybridized carbons (Fsp3) is 0.357. The van der Waals surface area contributed by atoms with E-state index in [2.05, 4.69) is 5.32 Å². The fourth-order valence-corrected chi connectivity index (χ4v) is 2.07. The largest absolute Gasteiger partial charge is 0.493 e. The van der Waals surface area contributed by atoms with Crippen LogP contribution in [0.3, 0.4) is 0 Å². The molecule has 0 bridgehead atoms. The predicted molar refractivity (Wildman–Crippen MR) is 73.4 cm³/mol. The fourth-order valence-electron chi connectivity index (χ4n) is 2.07. The zero-order valence-corrected chi connectivity index (χ0v) is 11.1. The maximum absolute atomic E-state index is 12.0. The van der Waals surface area contributed by atoms with Gasteiger partial charge in [-0.2, -0.15) is 0 Å². The summed E-state index contributed by atoms with van der Waals surface area (Å²) in [6, 6.07) is 5.24. The molecule has 5 heteroatoms. The van der Waals surface area contributed by atoms with E-state index < -0.39 is 0 Å². The van der Waals surface area contributed by atoms with E-state index in [-0.39, 0.29) is 17.9 Å². The normalized spacial score (nSPS) is 21.2. The highest BCUT2D eigenvalue weighted by molar-refractivity contribution is 5.94. The molecular weight excluding hydrogens is 244 g/mol. The second-order valence-electron chi connectivity index (χ2n) is 4.45. The Morgan fingerprint density at radius 2 is 2.00 bits per heavy atom. The molecule has 1 amide bonds. The zero-order chi connectivity index (χ0) is 13.8. The van der Waals surface area contributed by atoms with Gasteiger partial charge in [0.2, 0.25) is 5.91 Å². The lowest BCUT2D eigenvalue weighted by atomic mass is 10.1. The Balaban J connectivity index is 2.07. The van der Waals surface area contributed by atoms with Crippen LogP contribution < -0.4 is 20.5 Å². The summed E-state index contributed by atoms with van der Waals surface area (Å²) in [4.78, 5) is 12.0. The minimum Gasteiger partial charge on any atom is -0.493 e. The monoisotopic (exact) mass is 262 g/mol. The molecule has 0 aliphatic heterocycles. The predicted octanol–water partition coefficient (Wildman–Crippen LogP) is 1.55. The van der Waals surface area contributed by atoms with Crippen molar-refractivity contribution in [3.05, 3.63) is 30.4 Å². The first kappa shape index (κ1) is 13.4. The summed E-state index contributed by atoms with van der Waals surface area (Å²) in [6.07, 6.45) is 4.36. The lowest BCUT2D eigenvalue weighted by Crippen LogP contribution is -2.23. The number of rotatable bonds is 4. The Morgan fingerprint density at radius 1 is 1.26 bits per heavy atom. The third kappa shape index (κ3) is 3.06. The van der Waals surface area contributed by atoms with Gasteiger partial charge < -0.3 is 20.5 Å². The third-order valence-corrected chi connectivity index (χ3v) is 3.10. The Morgan fingerprint density at radius 3 is 2.58 bits per heavy atom. The summed E-state index contributed by atoms with van der Waals surface area (Å²) >= 11 is 0. The highest BCUT2D eigenvalue weighted by Crippen LogP contribution is 2.30.